The van der Waals surface area contributed by atoms with Gasteiger partial charge in [-0.25, -0.2) is 4.39 Å². The van der Waals surface area contributed by atoms with Crippen molar-refractivity contribution in [2.24, 2.45) is 5.92 Å². The van der Waals surface area contributed by atoms with Gasteiger partial charge in [0.05, 0.1) is 40.9 Å². The van der Waals surface area contributed by atoms with Crippen molar-refractivity contribution >= 4 is 39.9 Å². The Morgan fingerprint density at radius 1 is 1.19 bits per heavy atom. The predicted molar refractivity (Wildman–Crippen MR) is 184 cm³/mol. The lowest BCUT2D eigenvalue weighted by Gasteiger charge is -2.42. The zero-order valence-corrected chi connectivity index (χ0v) is 28.2. The molecule has 2 saturated heterocycles. The van der Waals surface area contributed by atoms with Crippen molar-refractivity contribution in [2.45, 2.75) is 62.2 Å². The molecule has 1 saturated carbocycles. The molecule has 1 unspecified atom stereocenters. The Bertz CT molecular complexity index is 1750. The molecule has 4 aliphatic rings. The fourth-order valence-electron chi connectivity index (χ4n) is 7.24. The normalized spacial score (nSPS) is 23.9. The minimum absolute atomic E-state index is 0.0520. The monoisotopic (exact) mass is 655 g/mol. The molecule has 9 nitrogen and oxygen atoms in total. The summed E-state index contributed by atoms with van der Waals surface area (Å²) in [7, 11) is 2.21. The fraction of sp³-hybridized carbons (Fsp3) is 0.500. The van der Waals surface area contributed by atoms with Gasteiger partial charge in [-0.1, -0.05) is 36.9 Å². The van der Waals surface area contributed by atoms with E-state index in [4.69, 9.17) is 14.7 Å². The summed E-state index contributed by atoms with van der Waals surface area (Å²) in [6.45, 7) is 11.8. The molecule has 0 bridgehead atoms. The molecule has 3 aromatic rings. The number of nitriles is 1. The van der Waals surface area contributed by atoms with Gasteiger partial charge in [-0.3, -0.25) is 9.69 Å². The number of amides is 1. The number of thioether (sulfide) groups is 1. The van der Waals surface area contributed by atoms with E-state index >= 15 is 0 Å². The van der Waals surface area contributed by atoms with Crippen molar-refractivity contribution in [1.82, 2.24) is 19.8 Å². The van der Waals surface area contributed by atoms with Gasteiger partial charge in [-0.05, 0) is 63.1 Å². The number of carbonyl (C=O) groups excluding carboxylic acids is 1. The molecule has 1 aliphatic carbocycles. The number of ether oxygens (including phenoxy) is 1. The van der Waals surface area contributed by atoms with E-state index in [2.05, 4.69) is 84.6 Å². The van der Waals surface area contributed by atoms with Gasteiger partial charge in [-0.2, -0.15) is 15.2 Å². The third kappa shape index (κ3) is 6.25. The van der Waals surface area contributed by atoms with Crippen LogP contribution in [0.5, 0.6) is 6.01 Å². The van der Waals surface area contributed by atoms with E-state index in [0.29, 0.717) is 37.5 Å². The lowest BCUT2D eigenvalue weighted by atomic mass is 9.99. The average molecular weight is 656 g/mol. The topological polar surface area (TPSA) is 88.8 Å². The number of halogens is 1. The van der Waals surface area contributed by atoms with E-state index in [0.717, 1.165) is 42.5 Å². The molecule has 11 heteroatoms. The molecular weight excluding hydrogens is 614 g/mol. The maximum atomic E-state index is 13.9. The van der Waals surface area contributed by atoms with Crippen LogP contribution in [0.2, 0.25) is 0 Å². The van der Waals surface area contributed by atoms with Crippen LogP contribution < -0.4 is 14.5 Å². The summed E-state index contributed by atoms with van der Waals surface area (Å²) in [5.41, 5.74) is 4.40. The number of fused-ring (bicyclic) bond motifs is 2. The maximum Gasteiger partial charge on any atom is 0.318 e. The molecule has 47 heavy (non-hydrogen) atoms. The number of aryl methyl sites for hydroxylation is 1. The van der Waals surface area contributed by atoms with Crippen LogP contribution >= 0.6 is 11.8 Å². The number of benzene rings is 2. The second kappa shape index (κ2) is 12.6. The average Bonchev–Trinajstić information content (AvgIpc) is 4.00. The minimum Gasteiger partial charge on any atom is -0.462 e. The van der Waals surface area contributed by atoms with Gasteiger partial charge in [0.1, 0.15) is 12.4 Å². The SMILES string of the molecule is C=C(F)C(=O)N1CCN(c2nc(OCC3S[C@]3(C)N(C)CC3CC3)nc3c2CCN(c2cccc4cccc(C)c24)C3)C[C@@H]1CC#N. The molecule has 1 amide bonds. The van der Waals surface area contributed by atoms with Crippen molar-refractivity contribution in [3.63, 3.8) is 0 Å². The number of hydrogen-bond acceptors (Lipinski definition) is 9. The highest BCUT2D eigenvalue weighted by Crippen LogP contribution is 2.55. The first-order valence-electron chi connectivity index (χ1n) is 16.6. The number of piperazine rings is 1. The largest absolute Gasteiger partial charge is 0.462 e. The number of anilines is 2. The zero-order chi connectivity index (χ0) is 32.9. The van der Waals surface area contributed by atoms with Crippen molar-refractivity contribution in [1.29, 1.82) is 5.26 Å². The Kier molecular flexibility index (Phi) is 8.51. The first kappa shape index (κ1) is 31.7. The number of carbonyl (C=O) groups is 1. The molecule has 0 radical (unpaired) electrons. The van der Waals surface area contributed by atoms with Gasteiger partial charge in [-0.15, -0.1) is 11.8 Å². The number of aromatic nitrogens is 2. The lowest BCUT2D eigenvalue weighted by molar-refractivity contribution is -0.131. The second-order valence-corrected chi connectivity index (χ2v) is 15.2. The summed E-state index contributed by atoms with van der Waals surface area (Å²) in [6.07, 6.45) is 3.48. The summed E-state index contributed by atoms with van der Waals surface area (Å²) < 4.78 is 20.3. The van der Waals surface area contributed by atoms with E-state index < -0.39 is 17.8 Å². The summed E-state index contributed by atoms with van der Waals surface area (Å²) >= 11 is 1.93. The Hall–Kier alpha value is -3.88. The standard InChI is InChI=1S/C36H42FN7O2S/c1-23-7-5-8-26-9-6-10-30(32(23)26)42-16-14-28-29(21-42)39-35(46-22-31-36(3,47-31)41(4)19-25-11-12-25)40-33(28)43-17-18-44(34(45)24(2)37)27(20-43)13-15-38/h5-10,25,27,31H,2,11-14,16-22H2,1,3-4H3/t27-,31?,36-/m0/s1. The molecule has 246 valence electrons. The molecular formula is C36H42FN7O2S. The highest BCUT2D eigenvalue weighted by molar-refractivity contribution is 8.08. The van der Waals surface area contributed by atoms with Crippen molar-refractivity contribution < 1.29 is 13.9 Å². The second-order valence-electron chi connectivity index (χ2n) is 13.5. The predicted octanol–water partition coefficient (Wildman–Crippen LogP) is 5.47. The Morgan fingerprint density at radius 2 is 1.98 bits per heavy atom. The Morgan fingerprint density at radius 3 is 2.72 bits per heavy atom. The van der Waals surface area contributed by atoms with Crippen molar-refractivity contribution in [2.75, 3.05) is 56.2 Å². The van der Waals surface area contributed by atoms with Gasteiger partial charge in [0.15, 0.2) is 5.83 Å². The van der Waals surface area contributed by atoms with E-state index in [1.807, 2.05) is 11.8 Å². The van der Waals surface area contributed by atoms with Gasteiger partial charge in [0, 0.05) is 49.4 Å². The summed E-state index contributed by atoms with van der Waals surface area (Å²) in [5, 5.41) is 12.4. The summed E-state index contributed by atoms with van der Waals surface area (Å²) in [5.74, 6) is -0.155. The zero-order valence-electron chi connectivity index (χ0n) is 27.4. The fourth-order valence-corrected chi connectivity index (χ4v) is 8.38. The van der Waals surface area contributed by atoms with Crippen LogP contribution in [-0.4, -0.2) is 88.2 Å². The number of hydrogen-bond donors (Lipinski definition) is 0. The molecule has 3 fully saturated rings. The third-order valence-electron chi connectivity index (χ3n) is 10.3. The highest BCUT2D eigenvalue weighted by atomic mass is 32.2. The maximum absolute atomic E-state index is 13.9. The van der Waals surface area contributed by atoms with E-state index in [1.54, 1.807) is 0 Å². The van der Waals surface area contributed by atoms with Crippen molar-refractivity contribution in [3.8, 4) is 12.1 Å². The molecule has 3 aliphatic heterocycles. The lowest BCUT2D eigenvalue weighted by Crippen LogP contribution is -2.55. The van der Waals surface area contributed by atoms with Crippen LogP contribution in [-0.2, 0) is 17.8 Å². The molecule has 3 atom stereocenters. The van der Waals surface area contributed by atoms with Gasteiger partial charge >= 0.3 is 6.01 Å². The van der Waals surface area contributed by atoms with E-state index in [1.165, 1.54) is 39.8 Å². The van der Waals surface area contributed by atoms with Gasteiger partial charge in [0.25, 0.3) is 5.91 Å². The molecule has 7 rings (SSSR count). The molecule has 1 aromatic heterocycles. The Labute approximate surface area is 280 Å². The number of rotatable bonds is 10. The van der Waals surface area contributed by atoms with Crippen LogP contribution in [0.3, 0.4) is 0 Å². The summed E-state index contributed by atoms with van der Waals surface area (Å²) in [6, 6.07) is 14.9. The van der Waals surface area contributed by atoms with E-state index in [9.17, 15) is 14.4 Å². The van der Waals surface area contributed by atoms with Gasteiger partial charge in [0.2, 0.25) is 0 Å². The van der Waals surface area contributed by atoms with Crippen LogP contribution in [0.1, 0.15) is 43.0 Å². The summed E-state index contributed by atoms with van der Waals surface area (Å²) in [4.78, 5) is 31.1. The van der Waals surface area contributed by atoms with E-state index in [-0.39, 0.29) is 17.8 Å². The van der Waals surface area contributed by atoms with Crippen LogP contribution in [0.25, 0.3) is 10.8 Å². The van der Waals surface area contributed by atoms with Crippen LogP contribution in [0, 0.1) is 24.2 Å². The first-order chi connectivity index (χ1) is 22.7. The molecule has 0 N–H and O–H groups in total. The smallest absolute Gasteiger partial charge is 0.318 e. The van der Waals surface area contributed by atoms with Gasteiger partial charge < -0.3 is 19.4 Å². The first-order valence-corrected chi connectivity index (χ1v) is 17.5. The molecule has 4 heterocycles. The minimum atomic E-state index is -1.01. The quantitative estimate of drug-likeness (QED) is 0.209. The van der Waals surface area contributed by atoms with Crippen molar-refractivity contribution in [3.05, 3.63) is 65.6 Å². The molecule has 0 spiro atoms. The number of nitrogens with zero attached hydrogens (tertiary/aromatic N) is 7. The van der Waals surface area contributed by atoms with Crippen LogP contribution in [0.15, 0.2) is 48.8 Å². The molecule has 2 aromatic carbocycles. The van der Waals surface area contributed by atoms with Crippen LogP contribution in [0.4, 0.5) is 15.9 Å². The highest BCUT2D eigenvalue weighted by Gasteiger charge is 2.55. The Balaban J connectivity index is 1.18. The third-order valence-corrected chi connectivity index (χ3v) is 12.0.